The molecule has 0 radical (unpaired) electrons. The molecule has 7 aromatic rings. The van der Waals surface area contributed by atoms with Gasteiger partial charge in [-0.2, -0.15) is 10.2 Å². The molecule has 1 fully saturated rings. The van der Waals surface area contributed by atoms with Gasteiger partial charge in [-0.05, 0) is 127 Å². The van der Waals surface area contributed by atoms with Crippen LogP contribution in [0.25, 0.3) is 0 Å². The number of hydrogen-bond donors (Lipinski definition) is 2. The number of thiophene rings is 1. The van der Waals surface area contributed by atoms with E-state index in [9.17, 15) is 0 Å². The van der Waals surface area contributed by atoms with Gasteiger partial charge in [0.15, 0.2) is 6.39 Å². The van der Waals surface area contributed by atoms with Crippen LogP contribution in [0.1, 0.15) is 426 Å². The first-order valence-electron chi connectivity index (χ1n) is 39.0. The van der Waals surface area contributed by atoms with E-state index in [0.29, 0.717) is 10.8 Å². The van der Waals surface area contributed by atoms with Crippen LogP contribution in [0.3, 0.4) is 0 Å². The van der Waals surface area contributed by atoms with Crippen molar-refractivity contribution in [1.29, 1.82) is 0 Å². The molecular formula is C92H168N10OS2. The highest BCUT2D eigenvalue weighted by Crippen LogP contribution is 2.51. The van der Waals surface area contributed by atoms with Crippen molar-refractivity contribution in [3.63, 3.8) is 0 Å². The zero-order valence-corrected chi connectivity index (χ0v) is 78.5. The molecule has 1 aliphatic carbocycles. The van der Waals surface area contributed by atoms with E-state index >= 15 is 0 Å². The minimum Gasteiger partial charge on any atom is -0.448 e. The number of H-pyrrole nitrogens is 2. The number of nitrogens with one attached hydrogen (secondary N) is 2. The summed E-state index contributed by atoms with van der Waals surface area (Å²) >= 11 is 3.66. The molecule has 1 aliphatic rings. The van der Waals surface area contributed by atoms with Crippen LogP contribution in [0.15, 0.2) is 65.1 Å². The lowest BCUT2D eigenvalue weighted by Gasteiger charge is -2.39. The summed E-state index contributed by atoms with van der Waals surface area (Å²) in [6.45, 7) is 107. The van der Waals surface area contributed by atoms with E-state index in [1.54, 1.807) is 24.1 Å². The molecule has 0 bridgehead atoms. The fourth-order valence-corrected chi connectivity index (χ4v) is 15.1. The molecule has 0 saturated heterocycles. The lowest BCUT2D eigenvalue weighted by molar-refractivity contribution is 0.0992. The standard InChI is InChI=1S/C13H26.C12H20S.4C11H20N2.C11H19NO.C11H19NS.CH4/c1-12(2,3)10-8-7-9-11(10)13(4,5)6;1-11(2,3)9-7-8-13-10(9)12(4,5)6;1-10(2,3)8-9(11(4,5)6)13-7-12-8;1-10(2,3)9-7-12-8-13(9)11(4,5)6;1-10(2,3)8-7-12-13-9(8)11(4,5)6;1-10(2,3)9-7-8-12-13(9)11(4,5)6;2*1-10(2,3)8-9(11(4,5)6)13-7-12-8;/h10-11H,7-9H2,1-6H3;7-8H,1-6H3;7H,1-6H3,(H,12,13);7-8H,1-6H3;7H,1-6H3,(H,12,13);7-8H,1-6H3;2*7H,1-6H3;1H4. The second kappa shape index (κ2) is 36.0. The summed E-state index contributed by atoms with van der Waals surface area (Å²) < 4.78 is 9.79. The number of rotatable bonds is 0. The van der Waals surface area contributed by atoms with Crippen molar-refractivity contribution in [2.45, 2.75) is 435 Å². The molecule has 8 rings (SSSR count). The molecule has 0 spiro atoms. The van der Waals surface area contributed by atoms with E-state index in [0.717, 1.165) is 23.3 Å². The van der Waals surface area contributed by atoms with Gasteiger partial charge >= 0.3 is 0 Å². The Balaban J connectivity index is 0.00000118. The van der Waals surface area contributed by atoms with Crippen LogP contribution in [0.5, 0.6) is 0 Å². The van der Waals surface area contributed by atoms with E-state index in [4.69, 9.17) is 4.42 Å². The van der Waals surface area contributed by atoms with Crippen molar-refractivity contribution in [2.75, 3.05) is 0 Å². The highest BCUT2D eigenvalue weighted by atomic mass is 32.1. The van der Waals surface area contributed by atoms with Crippen LogP contribution in [-0.4, -0.2) is 49.5 Å². The average molecular weight is 1490 g/mol. The third-order valence-electron chi connectivity index (χ3n) is 18.3. The number of aromatic nitrogens is 10. The Bertz CT molecular complexity index is 2760. The van der Waals surface area contributed by atoms with Gasteiger partial charge in [0.05, 0.1) is 47.0 Å². The third-order valence-corrected chi connectivity index (χ3v) is 20.9. The monoisotopic (exact) mass is 1490 g/mol. The zero-order valence-electron chi connectivity index (χ0n) is 76.9. The van der Waals surface area contributed by atoms with Gasteiger partial charge in [-0.3, -0.25) is 9.78 Å². The molecule has 13 heteroatoms. The lowest BCUT2D eigenvalue weighted by atomic mass is 9.66. The zero-order chi connectivity index (χ0) is 82.2. The van der Waals surface area contributed by atoms with Gasteiger partial charge in [0.1, 0.15) is 5.76 Å². The number of hydrogen-bond acceptors (Lipinski definition) is 9. The van der Waals surface area contributed by atoms with Crippen molar-refractivity contribution < 1.29 is 4.42 Å². The maximum Gasteiger partial charge on any atom is 0.181 e. The Morgan fingerprint density at radius 2 is 0.857 bits per heavy atom. The Morgan fingerprint density at radius 3 is 1.15 bits per heavy atom. The maximum absolute atomic E-state index is 5.44. The highest BCUT2D eigenvalue weighted by Gasteiger charge is 2.42. The van der Waals surface area contributed by atoms with Crippen LogP contribution < -0.4 is 0 Å². The Hall–Kier alpha value is -4.62. The first-order valence-corrected chi connectivity index (χ1v) is 40.7. The molecule has 105 heavy (non-hydrogen) atoms. The van der Waals surface area contributed by atoms with Gasteiger partial charge in [0.2, 0.25) is 0 Å². The number of thiazole rings is 1. The molecule has 0 amide bonds. The van der Waals surface area contributed by atoms with Crippen molar-refractivity contribution in [1.82, 2.24) is 49.5 Å². The molecule has 11 nitrogen and oxygen atoms in total. The minimum atomic E-state index is 0. The summed E-state index contributed by atoms with van der Waals surface area (Å²) in [4.78, 5) is 23.6. The van der Waals surface area contributed by atoms with Crippen LogP contribution in [0, 0.1) is 22.7 Å². The van der Waals surface area contributed by atoms with Crippen LogP contribution in [0.4, 0.5) is 0 Å². The first-order chi connectivity index (χ1) is 45.8. The molecule has 2 atom stereocenters. The van der Waals surface area contributed by atoms with E-state index in [2.05, 4.69) is 399 Å². The predicted molar refractivity (Wildman–Crippen MR) is 465 cm³/mol. The Kier molecular flexibility index (Phi) is 34.4. The summed E-state index contributed by atoms with van der Waals surface area (Å²) in [7, 11) is 0. The quantitative estimate of drug-likeness (QED) is 0.155. The normalized spacial score (nSPS) is 15.4. The Morgan fingerprint density at radius 1 is 0.410 bits per heavy atom. The van der Waals surface area contributed by atoms with Crippen LogP contribution >= 0.6 is 22.7 Å². The molecule has 2 N–H and O–H groups in total. The molecule has 1 saturated carbocycles. The van der Waals surface area contributed by atoms with Gasteiger partial charge in [0.25, 0.3) is 0 Å². The summed E-state index contributed by atoms with van der Waals surface area (Å²) in [5.74, 6) is 2.88. The molecule has 0 aromatic carbocycles. The van der Waals surface area contributed by atoms with Gasteiger partial charge in [-0.1, -0.05) is 305 Å². The number of oxazole rings is 1. The van der Waals surface area contributed by atoms with Crippen molar-refractivity contribution >= 4 is 22.7 Å². The van der Waals surface area contributed by atoms with Crippen molar-refractivity contribution in [3.8, 4) is 0 Å². The fourth-order valence-electron chi connectivity index (χ4n) is 12.8. The Labute approximate surface area is 657 Å². The van der Waals surface area contributed by atoms with Gasteiger partial charge < -0.3 is 14.0 Å². The van der Waals surface area contributed by atoms with Crippen LogP contribution in [-0.2, 0) is 76.1 Å². The lowest BCUT2D eigenvalue weighted by Crippen LogP contribution is -2.32. The van der Waals surface area contributed by atoms with E-state index < -0.39 is 0 Å². The molecule has 7 heterocycles. The first kappa shape index (κ1) is 100. The molecule has 7 aromatic heterocycles. The topological polar surface area (TPSA) is 132 Å². The molecule has 0 aliphatic heterocycles. The van der Waals surface area contributed by atoms with Crippen molar-refractivity contribution in [2.24, 2.45) is 22.7 Å². The van der Waals surface area contributed by atoms with E-state index in [1.807, 2.05) is 41.8 Å². The maximum atomic E-state index is 5.44. The highest BCUT2D eigenvalue weighted by molar-refractivity contribution is 7.10. The predicted octanol–water partition coefficient (Wildman–Crippen LogP) is 28.4. The van der Waals surface area contributed by atoms with E-state index in [-0.39, 0.29) is 83.5 Å². The number of imidazole rings is 2. The van der Waals surface area contributed by atoms with Crippen molar-refractivity contribution in [3.05, 3.63) is 127 Å². The molecule has 604 valence electrons. The number of aromatic amines is 2. The third kappa shape index (κ3) is 32.1. The summed E-state index contributed by atoms with van der Waals surface area (Å²) in [6, 6.07) is 4.37. The largest absolute Gasteiger partial charge is 0.448 e. The second-order valence-electron chi connectivity index (χ2n) is 46.0. The summed E-state index contributed by atoms with van der Waals surface area (Å²) in [5, 5.41) is 13.8. The van der Waals surface area contributed by atoms with E-state index in [1.165, 1.54) is 74.3 Å². The average Bonchev–Trinajstić information content (AvgIpc) is 1.78. The van der Waals surface area contributed by atoms with Gasteiger partial charge in [-0.15, -0.1) is 22.7 Å². The minimum absolute atomic E-state index is 0. The van der Waals surface area contributed by atoms with Crippen LogP contribution in [0.2, 0.25) is 0 Å². The summed E-state index contributed by atoms with van der Waals surface area (Å²) in [5.41, 5.74) is 16.6. The fraction of sp³-hybridized carbons (Fsp3) is 0.761. The SMILES string of the molecule is C.CC(C)(C)C1CCCC1C(C)(C)C.CC(C)(C)c1ccnn1C(C)(C)C.CC(C)(C)c1ccsc1C(C)(C)C.CC(C)(C)c1cn[nH]c1C(C)(C)C.CC(C)(C)c1cncn1C(C)(C)C.CC(C)(C)c1nc[nH]c1C(C)(C)C.CC(C)(C)c1ncoc1C(C)(C)C.CC(C)(C)c1ncsc1C(C)(C)C. The van der Waals surface area contributed by atoms with Gasteiger partial charge in [-0.25, -0.2) is 19.9 Å². The second-order valence-corrected chi connectivity index (χ2v) is 47.8. The smallest absolute Gasteiger partial charge is 0.181 e. The summed E-state index contributed by atoms with van der Waals surface area (Å²) in [6.07, 6.45) is 15.4. The molecule has 2 unspecified atom stereocenters. The number of nitrogens with zero attached hydrogens (tertiary/aromatic N) is 8. The van der Waals surface area contributed by atoms with Gasteiger partial charge in [0, 0.05) is 93.8 Å². The molecular weight excluding hydrogens is 1330 g/mol.